The van der Waals surface area contributed by atoms with Gasteiger partial charge in [0.15, 0.2) is 0 Å². The number of halogens is 7. The van der Waals surface area contributed by atoms with Crippen LogP contribution in [0, 0.1) is 6.92 Å². The summed E-state index contributed by atoms with van der Waals surface area (Å²) in [6.45, 7) is 3.97. The molecule has 0 saturated carbocycles. The van der Waals surface area contributed by atoms with Crippen LogP contribution in [0.2, 0.25) is 5.02 Å². The Morgan fingerprint density at radius 2 is 1.66 bits per heavy atom. The van der Waals surface area contributed by atoms with E-state index in [2.05, 4.69) is 4.99 Å². The summed E-state index contributed by atoms with van der Waals surface area (Å²) in [6.07, 6.45) is -8.19. The minimum Gasteiger partial charge on any atom is -0.457 e. The van der Waals surface area contributed by atoms with Crippen molar-refractivity contribution < 1.29 is 31.1 Å². The molecule has 10 heteroatoms. The van der Waals surface area contributed by atoms with Crippen LogP contribution in [0.4, 0.5) is 32.0 Å². The van der Waals surface area contributed by atoms with Crippen LogP contribution in [0.15, 0.2) is 35.3 Å². The Bertz CT molecular complexity index is 909. The van der Waals surface area contributed by atoms with Crippen LogP contribution < -0.4 is 4.74 Å². The third-order valence-electron chi connectivity index (χ3n) is 3.97. The fourth-order valence-corrected chi connectivity index (χ4v) is 2.49. The number of aryl methyl sites for hydroxylation is 1. The van der Waals surface area contributed by atoms with E-state index in [1.165, 1.54) is 13.3 Å². The van der Waals surface area contributed by atoms with Gasteiger partial charge in [-0.3, -0.25) is 0 Å². The van der Waals surface area contributed by atoms with Crippen molar-refractivity contribution in [2.45, 2.75) is 26.2 Å². The summed E-state index contributed by atoms with van der Waals surface area (Å²) < 4.78 is 84.7. The predicted octanol–water partition coefficient (Wildman–Crippen LogP) is 7.09. The van der Waals surface area contributed by atoms with Crippen molar-refractivity contribution in [2.75, 3.05) is 13.6 Å². The summed E-state index contributed by atoms with van der Waals surface area (Å²) in [5.74, 6) is -1.05. The molecular formula is C19H17ClF6N2O. The fourth-order valence-electron chi connectivity index (χ4n) is 2.27. The van der Waals surface area contributed by atoms with E-state index in [4.69, 9.17) is 16.3 Å². The molecule has 0 N–H and O–H groups in total. The van der Waals surface area contributed by atoms with Gasteiger partial charge in [-0.15, -0.1) is 0 Å². The lowest BCUT2D eigenvalue weighted by Gasteiger charge is -2.17. The fraction of sp³-hybridized carbons (Fsp3) is 0.316. The Morgan fingerprint density at radius 1 is 1.03 bits per heavy atom. The number of nitrogens with zero attached hydrogens (tertiary/aromatic N) is 2. The van der Waals surface area contributed by atoms with Crippen molar-refractivity contribution in [3.63, 3.8) is 0 Å². The first kappa shape index (κ1) is 22.9. The van der Waals surface area contributed by atoms with E-state index in [0.29, 0.717) is 18.2 Å². The normalized spacial score (nSPS) is 12.5. The topological polar surface area (TPSA) is 24.8 Å². The van der Waals surface area contributed by atoms with Crippen LogP contribution in [0.3, 0.4) is 0 Å². The Morgan fingerprint density at radius 3 is 2.21 bits per heavy atom. The van der Waals surface area contributed by atoms with Crippen LogP contribution in [0.5, 0.6) is 11.5 Å². The number of aliphatic imine (C=N–C) groups is 1. The summed E-state index contributed by atoms with van der Waals surface area (Å²) in [7, 11) is 1.71. The van der Waals surface area contributed by atoms with Crippen LogP contribution in [0.1, 0.15) is 23.6 Å². The van der Waals surface area contributed by atoms with Gasteiger partial charge in [-0.05, 0) is 49.7 Å². The number of ether oxygens (including phenoxy) is 1. The smallest absolute Gasteiger partial charge is 0.420 e. The van der Waals surface area contributed by atoms with E-state index in [1.54, 1.807) is 11.9 Å². The lowest BCUT2D eigenvalue weighted by Crippen LogP contribution is -2.14. The molecule has 0 bridgehead atoms. The highest BCUT2D eigenvalue weighted by atomic mass is 35.5. The summed E-state index contributed by atoms with van der Waals surface area (Å²) in [5, 5.41) is -0.582. The summed E-state index contributed by atoms with van der Waals surface area (Å²) in [5.41, 5.74) is -1.93. The average Bonchev–Trinajstić information content (AvgIpc) is 2.60. The van der Waals surface area contributed by atoms with Gasteiger partial charge in [-0.1, -0.05) is 11.6 Å². The molecule has 0 fully saturated rings. The molecule has 0 unspecified atom stereocenters. The molecule has 0 spiro atoms. The second-order valence-corrected chi connectivity index (χ2v) is 6.60. The Hall–Kier alpha value is -2.42. The maximum absolute atomic E-state index is 13.5. The second-order valence-electron chi connectivity index (χ2n) is 6.19. The second kappa shape index (κ2) is 8.52. The van der Waals surface area contributed by atoms with Gasteiger partial charge < -0.3 is 9.64 Å². The first-order valence-corrected chi connectivity index (χ1v) is 8.71. The number of alkyl halides is 6. The molecule has 158 valence electrons. The Balaban J connectivity index is 2.50. The zero-order valence-corrected chi connectivity index (χ0v) is 16.4. The molecule has 0 aromatic heterocycles. The van der Waals surface area contributed by atoms with E-state index < -0.39 is 40.0 Å². The third-order valence-corrected chi connectivity index (χ3v) is 4.30. The molecule has 2 rings (SSSR count). The molecular weight excluding hydrogens is 422 g/mol. The summed E-state index contributed by atoms with van der Waals surface area (Å²) in [6, 6.07) is 4.42. The molecule has 3 nitrogen and oxygen atoms in total. The van der Waals surface area contributed by atoms with Gasteiger partial charge in [0.1, 0.15) is 17.1 Å². The van der Waals surface area contributed by atoms with Crippen LogP contribution in [-0.4, -0.2) is 24.8 Å². The number of benzene rings is 2. The van der Waals surface area contributed by atoms with Gasteiger partial charge in [-0.25, -0.2) is 4.99 Å². The van der Waals surface area contributed by atoms with E-state index in [0.717, 1.165) is 24.3 Å². The minimum absolute atomic E-state index is 0.0667. The molecule has 0 amide bonds. The maximum atomic E-state index is 13.5. The Kier molecular flexibility index (Phi) is 6.72. The molecule has 2 aromatic carbocycles. The van der Waals surface area contributed by atoms with Gasteiger partial charge in [-0.2, -0.15) is 26.3 Å². The standard InChI is InChI=1S/C19H17ClF6N2O/c1-4-28(3)10-27-16-9-14(19(24,25)26)17(7-11(16)2)29-12-5-6-15(20)13(8-12)18(21,22)23/h5-10H,4H2,1-3H3/b27-10+. The van der Waals surface area contributed by atoms with E-state index in [1.807, 2.05) is 6.92 Å². The molecule has 0 atom stereocenters. The van der Waals surface area contributed by atoms with Crippen molar-refractivity contribution in [1.29, 1.82) is 0 Å². The van der Waals surface area contributed by atoms with Crippen LogP contribution >= 0.6 is 11.6 Å². The van der Waals surface area contributed by atoms with Crippen LogP contribution in [-0.2, 0) is 12.4 Å². The highest BCUT2D eigenvalue weighted by Gasteiger charge is 2.36. The molecule has 2 aromatic rings. The van der Waals surface area contributed by atoms with Crippen molar-refractivity contribution in [3.05, 3.63) is 52.0 Å². The summed E-state index contributed by atoms with van der Waals surface area (Å²) in [4.78, 5) is 5.71. The highest BCUT2D eigenvalue weighted by Crippen LogP contribution is 2.43. The van der Waals surface area contributed by atoms with Gasteiger partial charge in [0.05, 0.1) is 22.6 Å². The largest absolute Gasteiger partial charge is 0.457 e. The van der Waals surface area contributed by atoms with E-state index in [9.17, 15) is 26.3 Å². The summed E-state index contributed by atoms with van der Waals surface area (Å²) >= 11 is 5.53. The van der Waals surface area contributed by atoms with Crippen molar-refractivity contribution in [1.82, 2.24) is 4.90 Å². The quantitative estimate of drug-likeness (QED) is 0.283. The number of hydrogen-bond donors (Lipinski definition) is 0. The van der Waals surface area contributed by atoms with E-state index in [-0.39, 0.29) is 5.69 Å². The van der Waals surface area contributed by atoms with Gasteiger partial charge in [0.25, 0.3) is 0 Å². The predicted molar refractivity (Wildman–Crippen MR) is 99.2 cm³/mol. The monoisotopic (exact) mass is 438 g/mol. The molecule has 0 radical (unpaired) electrons. The van der Waals surface area contributed by atoms with Crippen molar-refractivity contribution in [3.8, 4) is 11.5 Å². The van der Waals surface area contributed by atoms with E-state index >= 15 is 0 Å². The lowest BCUT2D eigenvalue weighted by atomic mass is 10.1. The molecule has 0 heterocycles. The lowest BCUT2D eigenvalue weighted by molar-refractivity contribution is -0.139. The zero-order valence-electron chi connectivity index (χ0n) is 15.6. The average molecular weight is 439 g/mol. The number of hydrogen-bond acceptors (Lipinski definition) is 2. The first-order valence-electron chi connectivity index (χ1n) is 8.33. The molecule has 0 aliphatic rings. The first-order chi connectivity index (χ1) is 13.3. The van der Waals surface area contributed by atoms with Gasteiger partial charge >= 0.3 is 12.4 Å². The molecule has 0 saturated heterocycles. The van der Waals surface area contributed by atoms with Crippen molar-refractivity contribution in [2.24, 2.45) is 4.99 Å². The molecule has 0 aliphatic carbocycles. The van der Waals surface area contributed by atoms with Gasteiger partial charge in [0, 0.05) is 13.6 Å². The highest BCUT2D eigenvalue weighted by molar-refractivity contribution is 6.31. The van der Waals surface area contributed by atoms with Crippen LogP contribution in [0.25, 0.3) is 0 Å². The number of rotatable bonds is 5. The SMILES string of the molecule is CCN(C)/C=N/c1cc(C(F)(F)F)c(Oc2ccc(Cl)c(C(F)(F)F)c2)cc1C. The minimum atomic E-state index is -4.80. The van der Waals surface area contributed by atoms with Crippen molar-refractivity contribution >= 4 is 23.6 Å². The zero-order chi connectivity index (χ0) is 22.0. The molecule has 0 aliphatic heterocycles. The Labute approximate surface area is 168 Å². The maximum Gasteiger partial charge on any atom is 0.420 e. The van der Waals surface area contributed by atoms with Gasteiger partial charge in [0.2, 0.25) is 0 Å². The third kappa shape index (κ3) is 5.79. The molecule has 29 heavy (non-hydrogen) atoms.